The van der Waals surface area contributed by atoms with Crippen LogP contribution in [0.25, 0.3) is 84.2 Å². The van der Waals surface area contributed by atoms with Crippen LogP contribution < -0.4 is 0 Å². The number of benzene rings is 6. The molecule has 0 N–H and O–H groups in total. The standard InChI is InChI=1S/C42H29N5O/c1-26-22-27(2)24-31(23-26)39-44-40(33-17-11-18-35-38(33)48-41(43-35)29-14-7-4-8-15-29)46-42(45-39)47-36-19-10-9-16-32(36)34-25-30(20-21-37(34)47)28-12-5-3-6-13-28/h3-25H,1-2H3. The molecule has 9 aromatic rings. The van der Waals surface area contributed by atoms with Crippen LogP contribution >= 0.6 is 0 Å². The number of hydrogen-bond donors (Lipinski definition) is 0. The van der Waals surface area contributed by atoms with E-state index in [4.69, 9.17) is 24.4 Å². The topological polar surface area (TPSA) is 69.6 Å². The summed E-state index contributed by atoms with van der Waals surface area (Å²) < 4.78 is 8.58. The van der Waals surface area contributed by atoms with Gasteiger partial charge in [-0.25, -0.2) is 9.97 Å². The Balaban J connectivity index is 1.31. The number of oxazole rings is 1. The van der Waals surface area contributed by atoms with E-state index in [0.29, 0.717) is 29.1 Å². The third kappa shape index (κ3) is 4.74. The van der Waals surface area contributed by atoms with Gasteiger partial charge in [0.1, 0.15) is 5.52 Å². The smallest absolute Gasteiger partial charge is 0.238 e. The number of nitrogens with zero attached hydrogens (tertiary/aromatic N) is 5. The van der Waals surface area contributed by atoms with E-state index in [2.05, 4.69) is 103 Å². The molecule has 9 rings (SSSR count). The van der Waals surface area contributed by atoms with E-state index in [-0.39, 0.29) is 0 Å². The second kappa shape index (κ2) is 11.1. The zero-order valence-electron chi connectivity index (χ0n) is 26.4. The Kier molecular flexibility index (Phi) is 6.47. The quantitative estimate of drug-likeness (QED) is 0.192. The molecule has 0 radical (unpaired) electrons. The lowest BCUT2D eigenvalue weighted by Gasteiger charge is -2.12. The van der Waals surface area contributed by atoms with Crippen LogP contribution in [0, 0.1) is 13.8 Å². The van der Waals surface area contributed by atoms with Crippen molar-refractivity contribution in [3.8, 4) is 51.3 Å². The van der Waals surface area contributed by atoms with Crippen LogP contribution in [0.4, 0.5) is 0 Å². The molecule has 0 atom stereocenters. The molecule has 0 aliphatic carbocycles. The van der Waals surface area contributed by atoms with Crippen molar-refractivity contribution in [3.05, 3.63) is 151 Å². The van der Waals surface area contributed by atoms with Crippen LogP contribution in [0.15, 0.2) is 144 Å². The van der Waals surface area contributed by atoms with Crippen molar-refractivity contribution >= 4 is 32.9 Å². The van der Waals surface area contributed by atoms with Gasteiger partial charge in [-0.15, -0.1) is 0 Å². The van der Waals surface area contributed by atoms with Gasteiger partial charge in [0.2, 0.25) is 11.8 Å². The Hall–Kier alpha value is -6.40. The van der Waals surface area contributed by atoms with Gasteiger partial charge < -0.3 is 4.42 Å². The Morgan fingerprint density at radius 3 is 1.96 bits per heavy atom. The first kappa shape index (κ1) is 27.9. The molecule has 0 bridgehead atoms. The molecule has 0 unspecified atom stereocenters. The normalized spacial score (nSPS) is 11.5. The van der Waals surface area contributed by atoms with Gasteiger partial charge in [0.05, 0.1) is 16.6 Å². The summed E-state index contributed by atoms with van der Waals surface area (Å²) in [5.41, 5.74) is 10.6. The van der Waals surface area contributed by atoms with Crippen LogP contribution in [0.5, 0.6) is 0 Å². The molecule has 0 aliphatic heterocycles. The highest BCUT2D eigenvalue weighted by Crippen LogP contribution is 2.36. The van der Waals surface area contributed by atoms with Gasteiger partial charge in [0.15, 0.2) is 17.2 Å². The summed E-state index contributed by atoms with van der Waals surface area (Å²) in [6.45, 7) is 4.19. The lowest BCUT2D eigenvalue weighted by atomic mass is 10.0. The van der Waals surface area contributed by atoms with Crippen molar-refractivity contribution < 1.29 is 4.42 Å². The summed E-state index contributed by atoms with van der Waals surface area (Å²) in [7, 11) is 0. The first-order valence-corrected chi connectivity index (χ1v) is 16.0. The minimum Gasteiger partial charge on any atom is -0.435 e. The van der Waals surface area contributed by atoms with Crippen LogP contribution in [0.2, 0.25) is 0 Å². The van der Waals surface area contributed by atoms with Crippen molar-refractivity contribution in [2.45, 2.75) is 13.8 Å². The first-order chi connectivity index (χ1) is 23.6. The summed E-state index contributed by atoms with van der Waals surface area (Å²) in [6.07, 6.45) is 0. The van der Waals surface area contributed by atoms with Crippen LogP contribution in [0.1, 0.15) is 11.1 Å². The number of aryl methyl sites for hydroxylation is 2. The molecule has 48 heavy (non-hydrogen) atoms. The number of fused-ring (bicyclic) bond motifs is 4. The summed E-state index contributed by atoms with van der Waals surface area (Å²) in [6, 6.07) is 47.7. The van der Waals surface area contributed by atoms with E-state index in [1.165, 1.54) is 5.56 Å². The van der Waals surface area contributed by atoms with Crippen molar-refractivity contribution in [2.75, 3.05) is 0 Å². The van der Waals surface area contributed by atoms with E-state index < -0.39 is 0 Å². The fraction of sp³-hybridized carbons (Fsp3) is 0.0476. The average molecular weight is 620 g/mol. The van der Waals surface area contributed by atoms with Crippen LogP contribution in [-0.4, -0.2) is 24.5 Å². The van der Waals surface area contributed by atoms with Gasteiger partial charge >= 0.3 is 0 Å². The largest absolute Gasteiger partial charge is 0.435 e. The zero-order chi connectivity index (χ0) is 32.2. The average Bonchev–Trinajstić information content (AvgIpc) is 3.71. The molecule has 0 saturated carbocycles. The van der Waals surface area contributed by atoms with Gasteiger partial charge in [0, 0.05) is 21.9 Å². The number of para-hydroxylation sites is 2. The SMILES string of the molecule is Cc1cc(C)cc(-c2nc(-c3cccc4nc(-c5ccccc5)oc34)nc(-n3c4ccccc4c4cc(-c5ccccc5)ccc43)n2)c1. The molecular weight excluding hydrogens is 590 g/mol. The van der Waals surface area contributed by atoms with Crippen LogP contribution in [0.3, 0.4) is 0 Å². The van der Waals surface area contributed by atoms with E-state index in [1.807, 2.05) is 54.6 Å². The molecule has 228 valence electrons. The molecule has 0 fully saturated rings. The molecule has 0 saturated heterocycles. The van der Waals surface area contributed by atoms with Crippen LogP contribution in [-0.2, 0) is 0 Å². The predicted octanol–water partition coefficient (Wildman–Crippen LogP) is 10.4. The Morgan fingerprint density at radius 2 is 1.17 bits per heavy atom. The lowest BCUT2D eigenvalue weighted by molar-refractivity contribution is 0.620. The zero-order valence-corrected chi connectivity index (χ0v) is 26.4. The molecule has 0 aliphatic rings. The molecule has 6 nitrogen and oxygen atoms in total. The Bertz CT molecular complexity index is 2620. The molecule has 6 heteroatoms. The minimum atomic E-state index is 0.516. The van der Waals surface area contributed by atoms with E-state index in [9.17, 15) is 0 Å². The van der Waals surface area contributed by atoms with E-state index >= 15 is 0 Å². The lowest BCUT2D eigenvalue weighted by Crippen LogP contribution is -2.06. The fourth-order valence-corrected chi connectivity index (χ4v) is 6.65. The summed E-state index contributed by atoms with van der Waals surface area (Å²) >= 11 is 0. The number of aromatic nitrogens is 5. The van der Waals surface area contributed by atoms with Gasteiger partial charge in [-0.2, -0.15) is 9.97 Å². The molecular formula is C42H29N5O. The molecule has 0 amide bonds. The van der Waals surface area contributed by atoms with Gasteiger partial charge in [-0.1, -0.05) is 96.1 Å². The second-order valence-electron chi connectivity index (χ2n) is 12.1. The summed E-state index contributed by atoms with van der Waals surface area (Å²) in [5, 5.41) is 2.26. The van der Waals surface area contributed by atoms with Crippen molar-refractivity contribution in [3.63, 3.8) is 0 Å². The number of rotatable bonds is 5. The minimum absolute atomic E-state index is 0.516. The van der Waals surface area contributed by atoms with E-state index in [0.717, 1.165) is 60.7 Å². The Morgan fingerprint density at radius 1 is 0.479 bits per heavy atom. The Labute approximate surface area is 277 Å². The molecule has 3 heterocycles. The highest BCUT2D eigenvalue weighted by molar-refractivity contribution is 6.10. The maximum absolute atomic E-state index is 6.43. The number of hydrogen-bond acceptors (Lipinski definition) is 5. The van der Waals surface area contributed by atoms with Crippen molar-refractivity contribution in [1.82, 2.24) is 24.5 Å². The third-order valence-electron chi connectivity index (χ3n) is 8.76. The van der Waals surface area contributed by atoms with Gasteiger partial charge in [-0.05, 0) is 79.6 Å². The molecule has 6 aromatic carbocycles. The molecule has 3 aromatic heterocycles. The highest BCUT2D eigenvalue weighted by Gasteiger charge is 2.21. The monoisotopic (exact) mass is 619 g/mol. The first-order valence-electron chi connectivity index (χ1n) is 16.0. The maximum atomic E-state index is 6.43. The molecule has 0 spiro atoms. The van der Waals surface area contributed by atoms with Gasteiger partial charge in [-0.3, -0.25) is 4.57 Å². The van der Waals surface area contributed by atoms with Crippen molar-refractivity contribution in [2.24, 2.45) is 0 Å². The second-order valence-corrected chi connectivity index (χ2v) is 12.1. The fourth-order valence-electron chi connectivity index (χ4n) is 6.65. The van der Waals surface area contributed by atoms with E-state index in [1.54, 1.807) is 0 Å². The van der Waals surface area contributed by atoms with Crippen molar-refractivity contribution in [1.29, 1.82) is 0 Å². The summed E-state index contributed by atoms with van der Waals surface area (Å²) in [5.74, 6) is 2.20. The predicted molar refractivity (Wildman–Crippen MR) is 193 cm³/mol. The maximum Gasteiger partial charge on any atom is 0.238 e. The highest BCUT2D eigenvalue weighted by atomic mass is 16.3. The summed E-state index contributed by atoms with van der Waals surface area (Å²) in [4.78, 5) is 20.3. The van der Waals surface area contributed by atoms with Gasteiger partial charge in [0.25, 0.3) is 0 Å². The third-order valence-corrected chi connectivity index (χ3v) is 8.76.